The van der Waals surface area contributed by atoms with E-state index in [0.717, 1.165) is 5.39 Å². The van der Waals surface area contributed by atoms with E-state index >= 15 is 0 Å². The normalized spacial score (nSPS) is 14.5. The second-order valence-corrected chi connectivity index (χ2v) is 4.06. The molecule has 1 saturated carbocycles. The molecule has 0 aliphatic heterocycles. The van der Waals surface area contributed by atoms with Crippen LogP contribution in [0.3, 0.4) is 0 Å². The summed E-state index contributed by atoms with van der Waals surface area (Å²) >= 11 is 0. The van der Waals surface area contributed by atoms with E-state index in [-0.39, 0.29) is 5.63 Å². The van der Waals surface area contributed by atoms with Gasteiger partial charge in [0.15, 0.2) is 0 Å². The maximum absolute atomic E-state index is 10.7. The molecule has 1 fully saturated rings. The Bertz CT molecular complexity index is 487. The summed E-state index contributed by atoms with van der Waals surface area (Å²) in [5.74, 6) is 0. The molecule has 84 valence electrons. The van der Waals surface area contributed by atoms with Crippen LogP contribution in [0.25, 0.3) is 11.0 Å². The third kappa shape index (κ3) is 2.96. The van der Waals surface area contributed by atoms with Crippen LogP contribution < -0.4 is 5.63 Å². The van der Waals surface area contributed by atoms with Crippen LogP contribution in [0.1, 0.15) is 32.1 Å². The predicted molar refractivity (Wildman–Crippen MR) is 65.6 cm³/mol. The molecule has 0 atom stereocenters. The van der Waals surface area contributed by atoms with E-state index in [2.05, 4.69) is 0 Å². The van der Waals surface area contributed by atoms with Crippen molar-refractivity contribution in [2.45, 2.75) is 32.1 Å². The van der Waals surface area contributed by atoms with Gasteiger partial charge in [-0.1, -0.05) is 50.3 Å². The van der Waals surface area contributed by atoms with Gasteiger partial charge in [-0.15, -0.1) is 0 Å². The van der Waals surface area contributed by atoms with E-state index in [1.807, 2.05) is 18.2 Å². The third-order valence-corrected chi connectivity index (χ3v) is 2.78. The van der Waals surface area contributed by atoms with Crippen molar-refractivity contribution in [2.24, 2.45) is 0 Å². The molecule has 0 saturated heterocycles. The van der Waals surface area contributed by atoms with Gasteiger partial charge in [0.1, 0.15) is 5.58 Å². The van der Waals surface area contributed by atoms with Crippen molar-refractivity contribution in [2.75, 3.05) is 0 Å². The Balaban J connectivity index is 0.000000162. The van der Waals surface area contributed by atoms with E-state index in [1.54, 1.807) is 12.1 Å². The molecule has 0 unspecified atom stereocenters. The average molecular weight is 216 g/mol. The van der Waals surface area contributed by atoms with E-state index in [1.165, 1.54) is 38.2 Å². The summed E-state index contributed by atoms with van der Waals surface area (Å²) in [7, 11) is 0. The van der Waals surface area contributed by atoms with Crippen LogP contribution in [0.15, 0.2) is 45.6 Å². The Morgan fingerprint density at radius 3 is 2.12 bits per heavy atom. The van der Waals surface area contributed by atoms with Gasteiger partial charge < -0.3 is 4.42 Å². The topological polar surface area (TPSA) is 30.2 Å². The van der Waals surface area contributed by atoms with Gasteiger partial charge in [0.25, 0.3) is 0 Å². The molecular weight excluding hydrogens is 200 g/mol. The van der Waals surface area contributed by atoms with Crippen LogP contribution >= 0.6 is 0 Å². The lowest BCUT2D eigenvalue weighted by Gasteiger charge is -1.91. The number of hydrogen-bond donors (Lipinski definition) is 0. The molecule has 1 aromatic carbocycles. The number of rotatable bonds is 0. The first kappa shape index (κ1) is 10.9. The molecule has 1 aromatic heterocycles. The molecule has 2 nitrogen and oxygen atoms in total. The summed E-state index contributed by atoms with van der Waals surface area (Å²) in [6.07, 6.45) is 7.50. The van der Waals surface area contributed by atoms with Crippen molar-refractivity contribution in [1.82, 2.24) is 0 Å². The largest absolute Gasteiger partial charge is 0.423 e. The van der Waals surface area contributed by atoms with Gasteiger partial charge >= 0.3 is 5.63 Å². The summed E-state index contributed by atoms with van der Waals surface area (Å²) in [5, 5.41) is 0.951. The Kier molecular flexibility index (Phi) is 3.76. The van der Waals surface area contributed by atoms with Crippen LogP contribution in [-0.2, 0) is 0 Å². The molecule has 0 bridgehead atoms. The van der Waals surface area contributed by atoms with Crippen LogP contribution in [0.4, 0.5) is 0 Å². The van der Waals surface area contributed by atoms with Gasteiger partial charge in [0.05, 0.1) is 0 Å². The van der Waals surface area contributed by atoms with Gasteiger partial charge in [-0.25, -0.2) is 4.79 Å². The lowest BCUT2D eigenvalue weighted by atomic mass is 10.2. The highest BCUT2D eigenvalue weighted by Gasteiger charge is 1.95. The van der Waals surface area contributed by atoms with Crippen molar-refractivity contribution < 1.29 is 4.42 Å². The van der Waals surface area contributed by atoms with Gasteiger partial charge in [-0.3, -0.25) is 0 Å². The molecule has 1 aliphatic rings. The highest BCUT2D eigenvalue weighted by atomic mass is 16.4. The zero-order valence-corrected chi connectivity index (χ0v) is 9.32. The molecule has 0 radical (unpaired) electrons. The average Bonchev–Trinajstić information content (AvgIpc) is 2.87. The van der Waals surface area contributed by atoms with E-state index in [4.69, 9.17) is 4.42 Å². The summed E-state index contributed by atoms with van der Waals surface area (Å²) in [6, 6.07) is 10.6. The molecule has 0 spiro atoms. The third-order valence-electron chi connectivity index (χ3n) is 2.78. The first-order valence-corrected chi connectivity index (χ1v) is 5.85. The van der Waals surface area contributed by atoms with Crippen LogP contribution in [0.5, 0.6) is 0 Å². The molecule has 0 N–H and O–H groups in total. The zero-order chi connectivity index (χ0) is 11.2. The highest BCUT2D eigenvalue weighted by Crippen LogP contribution is 2.15. The smallest absolute Gasteiger partial charge is 0.336 e. The molecule has 0 amide bonds. The summed E-state index contributed by atoms with van der Waals surface area (Å²) < 4.78 is 4.91. The minimum absolute atomic E-state index is 0.302. The van der Waals surface area contributed by atoms with E-state index in [9.17, 15) is 4.79 Å². The van der Waals surface area contributed by atoms with Crippen molar-refractivity contribution >= 4 is 11.0 Å². The van der Waals surface area contributed by atoms with Crippen molar-refractivity contribution in [3.63, 3.8) is 0 Å². The quantitative estimate of drug-likeness (QED) is 0.628. The molecule has 16 heavy (non-hydrogen) atoms. The minimum Gasteiger partial charge on any atom is -0.423 e. The Hall–Kier alpha value is -1.57. The van der Waals surface area contributed by atoms with Crippen LogP contribution in [0, 0.1) is 0 Å². The summed E-state index contributed by atoms with van der Waals surface area (Å²) in [6.45, 7) is 0. The lowest BCUT2D eigenvalue weighted by molar-refractivity contribution is 0.561. The molecular formula is C14H16O2. The Labute approximate surface area is 94.9 Å². The Morgan fingerprint density at radius 1 is 0.812 bits per heavy atom. The second kappa shape index (κ2) is 5.50. The number of benzene rings is 1. The maximum atomic E-state index is 10.7. The number of fused-ring (bicyclic) bond motifs is 1. The molecule has 3 rings (SSSR count). The van der Waals surface area contributed by atoms with E-state index in [0.29, 0.717) is 5.58 Å². The molecule has 1 aliphatic carbocycles. The first-order valence-electron chi connectivity index (χ1n) is 5.85. The van der Waals surface area contributed by atoms with Crippen LogP contribution in [-0.4, -0.2) is 0 Å². The fraction of sp³-hybridized carbons (Fsp3) is 0.357. The number of para-hydroxylation sites is 1. The monoisotopic (exact) mass is 216 g/mol. The zero-order valence-electron chi connectivity index (χ0n) is 9.32. The summed E-state index contributed by atoms with van der Waals surface area (Å²) in [5.41, 5.74) is 0.337. The van der Waals surface area contributed by atoms with Gasteiger partial charge in [0, 0.05) is 11.5 Å². The van der Waals surface area contributed by atoms with Gasteiger partial charge in [-0.2, -0.15) is 0 Å². The first-order chi connectivity index (χ1) is 7.86. The maximum Gasteiger partial charge on any atom is 0.336 e. The van der Waals surface area contributed by atoms with Crippen molar-refractivity contribution in [3.05, 3.63) is 46.8 Å². The van der Waals surface area contributed by atoms with Crippen molar-refractivity contribution in [3.8, 4) is 0 Å². The van der Waals surface area contributed by atoms with Crippen molar-refractivity contribution in [1.29, 1.82) is 0 Å². The highest BCUT2D eigenvalue weighted by molar-refractivity contribution is 5.75. The molecule has 1 heterocycles. The fourth-order valence-electron chi connectivity index (χ4n) is 1.90. The van der Waals surface area contributed by atoms with E-state index < -0.39 is 0 Å². The standard InChI is InChI=1S/C9H6O2.C5H10/c10-9-6-5-7-3-1-2-4-8(7)11-9;1-2-4-5-3-1/h1-6H;1-5H2. The predicted octanol–water partition coefficient (Wildman–Crippen LogP) is 3.74. The number of hydrogen-bond acceptors (Lipinski definition) is 2. The summed E-state index contributed by atoms with van der Waals surface area (Å²) in [4.78, 5) is 10.7. The molecule has 2 aromatic rings. The lowest BCUT2D eigenvalue weighted by Crippen LogP contribution is -1.93. The van der Waals surface area contributed by atoms with Gasteiger partial charge in [0.2, 0.25) is 0 Å². The fourth-order valence-corrected chi connectivity index (χ4v) is 1.90. The molecule has 2 heteroatoms. The van der Waals surface area contributed by atoms with Crippen LogP contribution in [0.2, 0.25) is 0 Å². The SMILES string of the molecule is C1CCCC1.O=c1ccc2ccccc2o1. The Morgan fingerprint density at radius 2 is 1.44 bits per heavy atom. The minimum atomic E-state index is -0.302. The van der Waals surface area contributed by atoms with Gasteiger partial charge in [-0.05, 0) is 12.1 Å². The second-order valence-electron chi connectivity index (χ2n) is 4.06.